The summed E-state index contributed by atoms with van der Waals surface area (Å²) in [6.45, 7) is 1.14. The van der Waals surface area contributed by atoms with Crippen LogP contribution in [0.3, 0.4) is 0 Å². The van der Waals surface area contributed by atoms with Gasteiger partial charge in [0.1, 0.15) is 5.82 Å². The van der Waals surface area contributed by atoms with Crippen LogP contribution in [0.1, 0.15) is 0 Å². The van der Waals surface area contributed by atoms with Gasteiger partial charge in [-0.2, -0.15) is 0 Å². The van der Waals surface area contributed by atoms with E-state index in [9.17, 15) is 0 Å². The summed E-state index contributed by atoms with van der Waals surface area (Å²) in [5.41, 5.74) is 0. The van der Waals surface area contributed by atoms with Crippen molar-refractivity contribution in [1.29, 1.82) is 0 Å². The fourth-order valence-corrected chi connectivity index (χ4v) is 2.10. The van der Waals surface area contributed by atoms with Crippen LogP contribution in [0.25, 0.3) is 0 Å². The highest BCUT2D eigenvalue weighted by Crippen LogP contribution is 2.19. The van der Waals surface area contributed by atoms with Gasteiger partial charge in [0.25, 0.3) is 0 Å². The van der Waals surface area contributed by atoms with Gasteiger partial charge in [-0.3, -0.25) is 0 Å². The molecule has 0 saturated carbocycles. The zero-order valence-electron chi connectivity index (χ0n) is 6.23. The second-order valence-electron chi connectivity index (χ2n) is 2.49. The van der Waals surface area contributed by atoms with E-state index >= 15 is 0 Å². The molecule has 1 aliphatic heterocycles. The van der Waals surface area contributed by atoms with Crippen LogP contribution < -0.4 is 4.90 Å². The molecule has 0 aliphatic carbocycles. The van der Waals surface area contributed by atoms with Crippen molar-refractivity contribution in [1.82, 2.24) is 4.98 Å². The quantitative estimate of drug-likeness (QED) is 0.630. The van der Waals surface area contributed by atoms with Crippen LogP contribution in [0.5, 0.6) is 0 Å². The summed E-state index contributed by atoms with van der Waals surface area (Å²) >= 11 is 1.96. The zero-order valence-corrected chi connectivity index (χ0v) is 7.05. The Morgan fingerprint density at radius 1 is 1.45 bits per heavy atom. The fraction of sp³-hybridized carbons (Fsp3) is 0.375. The van der Waals surface area contributed by atoms with E-state index in [1.54, 1.807) is 0 Å². The van der Waals surface area contributed by atoms with E-state index in [1.807, 2.05) is 30.1 Å². The van der Waals surface area contributed by atoms with Gasteiger partial charge < -0.3 is 4.90 Å². The van der Waals surface area contributed by atoms with Crippen molar-refractivity contribution in [2.24, 2.45) is 0 Å². The first kappa shape index (κ1) is 6.98. The minimum Gasteiger partial charge on any atom is -0.347 e. The number of aromatic nitrogens is 1. The molecule has 2 rings (SSSR count). The molecule has 11 heavy (non-hydrogen) atoms. The molecular weight excluding hydrogens is 156 g/mol. The summed E-state index contributed by atoms with van der Waals surface area (Å²) < 4.78 is 0. The van der Waals surface area contributed by atoms with Gasteiger partial charge in [0, 0.05) is 18.5 Å². The Morgan fingerprint density at radius 2 is 2.45 bits per heavy atom. The van der Waals surface area contributed by atoms with Gasteiger partial charge >= 0.3 is 0 Å². The van der Waals surface area contributed by atoms with Gasteiger partial charge in [-0.1, -0.05) is 6.07 Å². The Hall–Kier alpha value is -0.700. The molecule has 1 aromatic heterocycles. The van der Waals surface area contributed by atoms with Gasteiger partial charge in [0.05, 0.1) is 5.88 Å². The molecule has 0 spiro atoms. The second-order valence-corrected chi connectivity index (χ2v) is 3.56. The van der Waals surface area contributed by atoms with Crippen molar-refractivity contribution in [3.05, 3.63) is 24.4 Å². The molecule has 0 radical (unpaired) electrons. The average Bonchev–Trinajstić information content (AvgIpc) is 2.58. The minimum absolute atomic E-state index is 1.09. The van der Waals surface area contributed by atoms with Gasteiger partial charge in [-0.15, -0.1) is 11.8 Å². The first-order valence-electron chi connectivity index (χ1n) is 3.70. The predicted molar refractivity (Wildman–Crippen MR) is 48.9 cm³/mol. The van der Waals surface area contributed by atoms with Gasteiger partial charge in [0.2, 0.25) is 0 Å². The molecule has 0 aromatic carbocycles. The van der Waals surface area contributed by atoms with Crippen LogP contribution in [0.4, 0.5) is 5.82 Å². The van der Waals surface area contributed by atoms with Crippen molar-refractivity contribution < 1.29 is 0 Å². The van der Waals surface area contributed by atoms with Crippen molar-refractivity contribution in [3.8, 4) is 0 Å². The summed E-state index contributed by atoms with van der Waals surface area (Å²) in [7, 11) is 0. The van der Waals surface area contributed by atoms with Crippen molar-refractivity contribution >= 4 is 17.6 Å². The Kier molecular flexibility index (Phi) is 1.99. The van der Waals surface area contributed by atoms with E-state index < -0.39 is 0 Å². The van der Waals surface area contributed by atoms with Crippen LogP contribution in [0, 0.1) is 0 Å². The molecule has 1 aromatic rings. The van der Waals surface area contributed by atoms with E-state index in [-0.39, 0.29) is 0 Å². The Morgan fingerprint density at radius 3 is 3.09 bits per heavy atom. The molecule has 0 unspecified atom stereocenters. The van der Waals surface area contributed by atoms with E-state index in [1.165, 1.54) is 5.75 Å². The number of pyridine rings is 1. The summed E-state index contributed by atoms with van der Waals surface area (Å²) in [5, 5.41) is 0. The standard InChI is InChI=1S/C8H10N2S/c1-2-4-9-8(3-1)10-5-6-11-7-10/h1-4H,5-7H2. The Labute approximate surface area is 70.6 Å². The Balaban J connectivity index is 2.16. The normalized spacial score (nSPS) is 17.3. The van der Waals surface area contributed by atoms with E-state index in [2.05, 4.69) is 16.0 Å². The predicted octanol–water partition coefficient (Wildman–Crippen LogP) is 1.59. The topological polar surface area (TPSA) is 16.1 Å². The third-order valence-corrected chi connectivity index (χ3v) is 2.69. The third-order valence-electron chi connectivity index (χ3n) is 1.73. The smallest absolute Gasteiger partial charge is 0.129 e. The van der Waals surface area contributed by atoms with Crippen molar-refractivity contribution in [2.45, 2.75) is 0 Å². The highest BCUT2D eigenvalue weighted by molar-refractivity contribution is 7.99. The van der Waals surface area contributed by atoms with Crippen LogP contribution in [-0.2, 0) is 0 Å². The third kappa shape index (κ3) is 1.48. The lowest BCUT2D eigenvalue weighted by Gasteiger charge is -2.13. The summed E-state index contributed by atoms with van der Waals surface area (Å²) in [6, 6.07) is 6.05. The maximum absolute atomic E-state index is 4.27. The number of thioether (sulfide) groups is 1. The van der Waals surface area contributed by atoms with E-state index in [4.69, 9.17) is 0 Å². The molecule has 0 atom stereocenters. The SMILES string of the molecule is c1ccc(N2CCSC2)nc1. The molecule has 1 aliphatic rings. The molecule has 1 fully saturated rings. The first-order valence-corrected chi connectivity index (χ1v) is 4.86. The monoisotopic (exact) mass is 166 g/mol. The summed E-state index contributed by atoms with van der Waals surface area (Å²) in [4.78, 5) is 6.57. The number of hydrogen-bond donors (Lipinski definition) is 0. The number of nitrogens with zero attached hydrogens (tertiary/aromatic N) is 2. The van der Waals surface area contributed by atoms with Gasteiger partial charge in [-0.25, -0.2) is 4.98 Å². The van der Waals surface area contributed by atoms with Crippen LogP contribution in [-0.4, -0.2) is 23.2 Å². The van der Waals surface area contributed by atoms with E-state index in [0.717, 1.165) is 18.2 Å². The van der Waals surface area contributed by atoms with E-state index in [0.29, 0.717) is 0 Å². The molecule has 0 bridgehead atoms. The largest absolute Gasteiger partial charge is 0.347 e. The molecule has 3 heteroatoms. The van der Waals surface area contributed by atoms with Crippen molar-refractivity contribution in [2.75, 3.05) is 23.1 Å². The minimum atomic E-state index is 1.09. The van der Waals surface area contributed by atoms with Gasteiger partial charge in [0.15, 0.2) is 0 Å². The summed E-state index contributed by atoms with van der Waals surface area (Å²) in [5.74, 6) is 3.44. The zero-order chi connectivity index (χ0) is 7.52. The van der Waals surface area contributed by atoms with Crippen LogP contribution in [0.15, 0.2) is 24.4 Å². The van der Waals surface area contributed by atoms with Crippen LogP contribution >= 0.6 is 11.8 Å². The second kappa shape index (κ2) is 3.13. The molecule has 2 heterocycles. The average molecular weight is 166 g/mol. The maximum atomic E-state index is 4.27. The first-order chi connectivity index (χ1) is 5.47. The lowest BCUT2D eigenvalue weighted by molar-refractivity contribution is 0.960. The maximum Gasteiger partial charge on any atom is 0.129 e. The molecule has 0 amide bonds. The molecule has 0 N–H and O–H groups in total. The lowest BCUT2D eigenvalue weighted by Crippen LogP contribution is -2.18. The van der Waals surface area contributed by atoms with Gasteiger partial charge in [-0.05, 0) is 12.1 Å². The number of hydrogen-bond acceptors (Lipinski definition) is 3. The van der Waals surface area contributed by atoms with Crippen molar-refractivity contribution in [3.63, 3.8) is 0 Å². The molecule has 1 saturated heterocycles. The molecular formula is C8H10N2S. The summed E-state index contributed by atoms with van der Waals surface area (Å²) in [6.07, 6.45) is 1.85. The molecule has 58 valence electrons. The number of anilines is 1. The fourth-order valence-electron chi connectivity index (χ4n) is 1.14. The highest BCUT2D eigenvalue weighted by Gasteiger charge is 2.12. The lowest BCUT2D eigenvalue weighted by atomic mass is 10.4. The number of rotatable bonds is 1. The highest BCUT2D eigenvalue weighted by atomic mass is 32.2. The molecule has 2 nitrogen and oxygen atoms in total. The Bertz CT molecular complexity index is 219. The van der Waals surface area contributed by atoms with Crippen LogP contribution in [0.2, 0.25) is 0 Å².